The highest BCUT2D eigenvalue weighted by atomic mass is 35.5. The Kier molecular flexibility index (Phi) is 7.39. The summed E-state index contributed by atoms with van der Waals surface area (Å²) in [7, 11) is 0. The standard InChI is InChI=1S/C37H36ClFN6O2/c1-3-33(46)45-11-10-43(20-25(45)18-41-2)35-29-14-31(38)28(26-7-4-6-22-12-23-13-27(23)34(22)26)15-32(29)42-36(30(35)17-40)47-21-37-8-5-9-44(37)19-24(39)16-37/h3-4,6-7,14-15,23-25,27H,1,5,8-13,16,18-21H2/t23?,24-,25+,27?,37?/m1/s1. The summed E-state index contributed by atoms with van der Waals surface area (Å²) >= 11 is 7.12. The Morgan fingerprint density at radius 1 is 1.28 bits per heavy atom. The lowest BCUT2D eigenvalue weighted by atomic mass is 9.93. The topological polar surface area (TPSA) is 77.1 Å². The number of piperazine rings is 1. The average molecular weight is 651 g/mol. The molecule has 47 heavy (non-hydrogen) atoms. The molecule has 5 atom stereocenters. The fraction of sp³-hybridized carbons (Fsp3) is 0.459. The number of carbonyl (C=O) groups excluding carboxylic acids is 1. The molecule has 0 N–H and O–H groups in total. The molecule has 8 nitrogen and oxygen atoms in total. The SMILES string of the molecule is [C-]#[N+]C[C@H]1CN(c2c(C#N)c(OCC34CCCN3C[C@H](F)C4)nc3cc(-c4cccc5c4C4CC4C5)c(Cl)cc23)CCN1C(=O)C=C. The highest BCUT2D eigenvalue weighted by Gasteiger charge is 2.50. The van der Waals surface area contributed by atoms with Crippen molar-refractivity contribution in [1.82, 2.24) is 14.8 Å². The van der Waals surface area contributed by atoms with Crippen molar-refractivity contribution in [3.05, 3.63) is 76.1 Å². The van der Waals surface area contributed by atoms with Crippen LogP contribution in [-0.2, 0) is 11.2 Å². The Labute approximate surface area is 279 Å². The summed E-state index contributed by atoms with van der Waals surface area (Å²) in [5, 5.41) is 12.0. The Balaban J connectivity index is 1.25. The van der Waals surface area contributed by atoms with Gasteiger partial charge in [0.05, 0.1) is 16.7 Å². The normalized spacial score (nSPS) is 27.6. The van der Waals surface area contributed by atoms with E-state index in [1.54, 1.807) is 4.90 Å². The van der Waals surface area contributed by atoms with Crippen LogP contribution in [-0.4, -0.2) is 84.3 Å². The number of benzene rings is 2. The Morgan fingerprint density at radius 2 is 2.15 bits per heavy atom. The summed E-state index contributed by atoms with van der Waals surface area (Å²) in [6.45, 7) is 14.0. The van der Waals surface area contributed by atoms with Crippen molar-refractivity contribution >= 4 is 34.1 Å². The van der Waals surface area contributed by atoms with E-state index in [1.807, 2.05) is 12.1 Å². The number of nitrogens with zero attached hydrogens (tertiary/aromatic N) is 6. The molecular formula is C37H36ClFN6O2. The molecular weight excluding hydrogens is 615 g/mol. The Morgan fingerprint density at radius 3 is 2.96 bits per heavy atom. The molecule has 1 aromatic heterocycles. The molecule has 2 aliphatic carbocycles. The number of amides is 1. The minimum Gasteiger partial charge on any atom is -0.475 e. The lowest BCUT2D eigenvalue weighted by molar-refractivity contribution is -0.128. The van der Waals surface area contributed by atoms with Gasteiger partial charge in [-0.05, 0) is 79.0 Å². The third-order valence-corrected chi connectivity index (χ3v) is 11.5. The fourth-order valence-corrected chi connectivity index (χ4v) is 9.20. The number of nitriles is 1. The van der Waals surface area contributed by atoms with Crippen LogP contribution in [0.2, 0.25) is 5.02 Å². The van der Waals surface area contributed by atoms with Gasteiger partial charge >= 0.3 is 0 Å². The average Bonchev–Trinajstić information content (AvgIpc) is 3.39. The third-order valence-electron chi connectivity index (χ3n) is 11.2. The quantitative estimate of drug-likeness (QED) is 0.225. The van der Waals surface area contributed by atoms with Crippen molar-refractivity contribution in [2.24, 2.45) is 5.92 Å². The Bertz CT molecular complexity index is 1900. The summed E-state index contributed by atoms with van der Waals surface area (Å²) in [5.74, 6) is 1.30. The van der Waals surface area contributed by atoms with Gasteiger partial charge in [0, 0.05) is 48.6 Å². The van der Waals surface area contributed by atoms with Gasteiger partial charge in [-0.1, -0.05) is 36.4 Å². The van der Waals surface area contributed by atoms with Crippen molar-refractivity contribution in [1.29, 1.82) is 5.26 Å². The van der Waals surface area contributed by atoms with E-state index in [9.17, 15) is 14.4 Å². The molecule has 10 heteroatoms. The molecule has 1 saturated carbocycles. The van der Waals surface area contributed by atoms with Gasteiger partial charge in [-0.25, -0.2) is 15.9 Å². The summed E-state index contributed by atoms with van der Waals surface area (Å²) < 4.78 is 21.1. The molecule has 4 heterocycles. The number of carbonyl (C=O) groups is 1. The molecule has 3 saturated heterocycles. The molecule has 3 aromatic rings. The number of rotatable bonds is 7. The number of hydrogen-bond acceptors (Lipinski definition) is 6. The number of anilines is 1. The van der Waals surface area contributed by atoms with Gasteiger partial charge in [0.2, 0.25) is 18.3 Å². The smallest absolute Gasteiger partial charge is 0.246 e. The molecule has 0 radical (unpaired) electrons. The number of aromatic nitrogens is 1. The molecule has 3 aliphatic heterocycles. The predicted octanol–water partition coefficient (Wildman–Crippen LogP) is 6.16. The molecule has 240 valence electrons. The number of fused-ring (bicyclic) bond motifs is 5. The first-order valence-electron chi connectivity index (χ1n) is 16.6. The van der Waals surface area contributed by atoms with Gasteiger partial charge in [-0.15, -0.1) is 0 Å². The van der Waals surface area contributed by atoms with E-state index in [2.05, 4.69) is 45.5 Å². The summed E-state index contributed by atoms with van der Waals surface area (Å²) in [5.41, 5.74) is 5.97. The molecule has 0 spiro atoms. The van der Waals surface area contributed by atoms with Crippen LogP contribution in [0, 0.1) is 23.8 Å². The van der Waals surface area contributed by atoms with Crippen LogP contribution in [0.25, 0.3) is 26.9 Å². The number of hydrogen-bond donors (Lipinski definition) is 0. The van der Waals surface area contributed by atoms with Gasteiger partial charge in [0.25, 0.3) is 0 Å². The highest BCUT2D eigenvalue weighted by Crippen LogP contribution is 2.59. The van der Waals surface area contributed by atoms with Crippen molar-refractivity contribution < 1.29 is 13.9 Å². The number of pyridine rings is 1. The predicted molar refractivity (Wildman–Crippen MR) is 179 cm³/mol. The number of ether oxygens (including phenoxy) is 1. The third kappa shape index (κ3) is 4.94. The zero-order valence-corrected chi connectivity index (χ0v) is 27.0. The van der Waals surface area contributed by atoms with Crippen molar-refractivity contribution in [2.45, 2.75) is 55.8 Å². The second-order valence-electron chi connectivity index (χ2n) is 13.8. The van der Waals surface area contributed by atoms with Crippen LogP contribution in [0.15, 0.2) is 43.0 Å². The zero-order valence-electron chi connectivity index (χ0n) is 26.2. The van der Waals surface area contributed by atoms with Crippen molar-refractivity contribution in [3.63, 3.8) is 0 Å². The Hall–Kier alpha value is -4.18. The maximum Gasteiger partial charge on any atom is 0.246 e. The van der Waals surface area contributed by atoms with E-state index in [1.165, 1.54) is 23.6 Å². The minimum absolute atomic E-state index is 0.124. The first-order chi connectivity index (χ1) is 22.8. The van der Waals surface area contributed by atoms with E-state index in [0.29, 0.717) is 54.7 Å². The first-order valence-corrected chi connectivity index (χ1v) is 16.9. The lowest BCUT2D eigenvalue weighted by Crippen LogP contribution is -2.56. The van der Waals surface area contributed by atoms with Gasteiger partial charge in [0.1, 0.15) is 30.5 Å². The van der Waals surface area contributed by atoms with Crippen molar-refractivity contribution in [2.75, 3.05) is 50.8 Å². The van der Waals surface area contributed by atoms with Crippen LogP contribution >= 0.6 is 11.6 Å². The lowest BCUT2D eigenvalue weighted by Gasteiger charge is -2.40. The molecule has 8 rings (SSSR count). The highest BCUT2D eigenvalue weighted by molar-refractivity contribution is 6.34. The molecule has 1 amide bonds. The fourth-order valence-electron chi connectivity index (χ4n) is 8.94. The van der Waals surface area contributed by atoms with E-state index in [-0.39, 0.29) is 36.5 Å². The number of alkyl halides is 1. The van der Waals surface area contributed by atoms with Gasteiger partial charge in [-0.2, -0.15) is 5.26 Å². The summed E-state index contributed by atoms with van der Waals surface area (Å²) in [6, 6.07) is 12.4. The van der Waals surface area contributed by atoms with Crippen LogP contribution in [0.1, 0.15) is 48.3 Å². The van der Waals surface area contributed by atoms with Crippen LogP contribution in [0.5, 0.6) is 5.88 Å². The van der Waals surface area contributed by atoms with E-state index < -0.39 is 11.7 Å². The summed E-state index contributed by atoms with van der Waals surface area (Å²) in [6.07, 6.45) is 4.94. The van der Waals surface area contributed by atoms with Gasteiger partial charge < -0.3 is 19.4 Å². The minimum atomic E-state index is -0.896. The maximum atomic E-state index is 14.6. The van der Waals surface area contributed by atoms with Crippen molar-refractivity contribution in [3.8, 4) is 23.1 Å². The largest absolute Gasteiger partial charge is 0.475 e. The van der Waals surface area contributed by atoms with Crippen LogP contribution in [0.3, 0.4) is 0 Å². The molecule has 3 unspecified atom stereocenters. The second kappa shape index (κ2) is 11.5. The van der Waals surface area contributed by atoms with E-state index in [4.69, 9.17) is 27.9 Å². The molecule has 2 aromatic carbocycles. The summed E-state index contributed by atoms with van der Waals surface area (Å²) in [4.78, 5) is 27.2. The number of halogens is 2. The van der Waals surface area contributed by atoms with E-state index >= 15 is 0 Å². The first kappa shape index (κ1) is 30.2. The van der Waals surface area contributed by atoms with Crippen LogP contribution in [0.4, 0.5) is 10.1 Å². The second-order valence-corrected chi connectivity index (χ2v) is 14.2. The monoisotopic (exact) mass is 650 g/mol. The zero-order chi connectivity index (χ0) is 32.4. The maximum absolute atomic E-state index is 14.6. The molecule has 4 fully saturated rings. The molecule has 0 bridgehead atoms. The van der Waals surface area contributed by atoms with E-state index in [0.717, 1.165) is 48.2 Å². The van der Waals surface area contributed by atoms with Gasteiger partial charge in [0.15, 0.2) is 0 Å². The van der Waals surface area contributed by atoms with Gasteiger partial charge in [-0.3, -0.25) is 9.69 Å². The van der Waals surface area contributed by atoms with Crippen LogP contribution < -0.4 is 9.64 Å². The molecule has 5 aliphatic rings.